The molecule has 0 aromatic heterocycles. The highest BCUT2D eigenvalue weighted by Crippen LogP contribution is 2.26. The molecule has 0 spiro atoms. The van der Waals surface area contributed by atoms with Crippen LogP contribution in [0.3, 0.4) is 0 Å². The lowest BCUT2D eigenvalue weighted by molar-refractivity contribution is -0.125. The summed E-state index contributed by atoms with van der Waals surface area (Å²) in [4.78, 5) is 15.5. The number of piperidine rings is 1. The summed E-state index contributed by atoms with van der Waals surface area (Å²) in [7, 11) is 0. The maximum atomic E-state index is 13.0. The molecule has 1 saturated heterocycles. The van der Waals surface area contributed by atoms with Gasteiger partial charge in [0.15, 0.2) is 0 Å². The van der Waals surface area contributed by atoms with Crippen molar-refractivity contribution in [2.45, 2.75) is 106 Å². The van der Waals surface area contributed by atoms with Crippen LogP contribution in [-0.2, 0) is 9.53 Å². The maximum absolute atomic E-state index is 13.0. The SMILES string of the molecule is C=C(OCC)/C(C)=C/CNC(=O)C(NC(=C)C1CCCCN1C(C)C)C(C)(C)C.CCC. The number of nitrogens with zero attached hydrogens (tertiary/aromatic N) is 1. The molecule has 0 aromatic carbocycles. The molecule has 2 unspecified atom stereocenters. The third kappa shape index (κ3) is 10.7. The number of carbonyl (C=O) groups is 1. The Kier molecular flexibility index (Phi) is 14.3. The van der Waals surface area contributed by atoms with Crippen molar-refractivity contribution in [2.75, 3.05) is 19.7 Å². The van der Waals surface area contributed by atoms with Crippen LogP contribution in [0.1, 0.15) is 88.0 Å². The number of allylic oxidation sites excluding steroid dienone is 1. The minimum atomic E-state index is -0.352. The highest BCUT2D eigenvalue weighted by Gasteiger charge is 2.34. The normalized spacial score (nSPS) is 18.3. The Labute approximate surface area is 198 Å². The van der Waals surface area contributed by atoms with Gasteiger partial charge in [-0.1, -0.05) is 66.7 Å². The van der Waals surface area contributed by atoms with Crippen molar-refractivity contribution in [3.8, 4) is 0 Å². The Morgan fingerprint density at radius 3 is 2.28 bits per heavy atom. The number of rotatable bonds is 10. The van der Waals surface area contributed by atoms with Crippen molar-refractivity contribution in [1.82, 2.24) is 15.5 Å². The van der Waals surface area contributed by atoms with Crippen LogP contribution in [0.2, 0.25) is 0 Å². The second-order valence-corrected chi connectivity index (χ2v) is 10.0. The van der Waals surface area contributed by atoms with E-state index in [9.17, 15) is 4.79 Å². The van der Waals surface area contributed by atoms with Gasteiger partial charge in [-0.2, -0.15) is 0 Å². The van der Waals surface area contributed by atoms with Gasteiger partial charge >= 0.3 is 0 Å². The lowest BCUT2D eigenvalue weighted by Crippen LogP contribution is -2.55. The van der Waals surface area contributed by atoms with Crippen LogP contribution in [0.15, 0.2) is 36.3 Å². The zero-order valence-corrected chi connectivity index (χ0v) is 22.4. The summed E-state index contributed by atoms with van der Waals surface area (Å²) >= 11 is 0. The van der Waals surface area contributed by atoms with E-state index in [1.54, 1.807) is 0 Å². The largest absolute Gasteiger partial charge is 0.494 e. The van der Waals surface area contributed by atoms with E-state index in [-0.39, 0.29) is 23.4 Å². The highest BCUT2D eigenvalue weighted by atomic mass is 16.5. The minimum Gasteiger partial charge on any atom is -0.494 e. The Bertz CT molecular complexity index is 617. The summed E-state index contributed by atoms with van der Waals surface area (Å²) in [5, 5.41) is 6.51. The summed E-state index contributed by atoms with van der Waals surface area (Å²) in [6.45, 7) is 29.2. The second kappa shape index (κ2) is 15.2. The van der Waals surface area contributed by atoms with E-state index >= 15 is 0 Å². The predicted octanol–water partition coefficient (Wildman–Crippen LogP) is 5.80. The van der Waals surface area contributed by atoms with E-state index in [0.717, 1.165) is 24.2 Å². The van der Waals surface area contributed by atoms with Gasteiger partial charge in [0.05, 0.1) is 6.61 Å². The van der Waals surface area contributed by atoms with Crippen LogP contribution < -0.4 is 10.6 Å². The molecule has 0 aromatic rings. The molecule has 1 aliphatic heterocycles. The van der Waals surface area contributed by atoms with E-state index in [4.69, 9.17) is 4.74 Å². The van der Waals surface area contributed by atoms with Crippen molar-refractivity contribution >= 4 is 5.91 Å². The van der Waals surface area contributed by atoms with Crippen LogP contribution in [-0.4, -0.2) is 48.6 Å². The fourth-order valence-electron chi connectivity index (χ4n) is 3.71. The van der Waals surface area contributed by atoms with E-state index in [1.165, 1.54) is 19.3 Å². The van der Waals surface area contributed by atoms with Crippen molar-refractivity contribution in [2.24, 2.45) is 5.41 Å². The molecule has 5 nitrogen and oxygen atoms in total. The number of carbonyl (C=O) groups excluding carboxylic acids is 1. The minimum absolute atomic E-state index is 0.0170. The molecule has 0 aliphatic carbocycles. The first kappa shape index (κ1) is 30.2. The van der Waals surface area contributed by atoms with Crippen molar-refractivity contribution in [1.29, 1.82) is 0 Å². The highest BCUT2D eigenvalue weighted by molar-refractivity contribution is 5.83. The molecular weight excluding hydrogens is 398 g/mol. The number of hydrogen-bond donors (Lipinski definition) is 2. The molecule has 0 radical (unpaired) electrons. The monoisotopic (exact) mass is 449 g/mol. The Balaban J connectivity index is 0.00000302. The molecule has 1 amide bonds. The predicted molar refractivity (Wildman–Crippen MR) is 138 cm³/mol. The van der Waals surface area contributed by atoms with Gasteiger partial charge in [-0.3, -0.25) is 9.69 Å². The molecule has 1 aliphatic rings. The van der Waals surface area contributed by atoms with E-state index < -0.39 is 0 Å². The molecule has 186 valence electrons. The molecule has 1 rings (SSSR count). The molecular formula is C27H51N3O2. The molecule has 0 bridgehead atoms. The first-order chi connectivity index (χ1) is 14.9. The van der Waals surface area contributed by atoms with Crippen LogP contribution in [0.5, 0.6) is 0 Å². The van der Waals surface area contributed by atoms with E-state index in [1.807, 2.05) is 19.9 Å². The summed E-state index contributed by atoms with van der Waals surface area (Å²) in [6.07, 6.45) is 6.70. The zero-order chi connectivity index (χ0) is 24.9. The fraction of sp³-hybridized carbons (Fsp3) is 0.741. The van der Waals surface area contributed by atoms with Gasteiger partial charge in [-0.25, -0.2) is 0 Å². The lowest BCUT2D eigenvalue weighted by atomic mass is 9.85. The summed E-state index contributed by atoms with van der Waals surface area (Å²) in [5.74, 6) is 0.628. The average molecular weight is 450 g/mol. The third-order valence-electron chi connectivity index (χ3n) is 5.51. The molecule has 1 fully saturated rings. The Hall–Kier alpha value is -1.75. The molecule has 5 heteroatoms. The van der Waals surface area contributed by atoms with Crippen LogP contribution in [0.4, 0.5) is 0 Å². The fourth-order valence-corrected chi connectivity index (χ4v) is 3.71. The summed E-state index contributed by atoms with van der Waals surface area (Å²) in [6, 6.07) is 0.389. The number of amides is 1. The number of hydrogen-bond acceptors (Lipinski definition) is 4. The first-order valence-corrected chi connectivity index (χ1v) is 12.4. The standard InChI is InChI=1S/C24H43N3O2.C3H8/c1-10-29-20(6)18(4)14-15-25-23(28)22(24(7,8)9)26-19(5)21-13-11-12-16-27(21)17(2)3;1-3-2/h14,17,21-22,26H,5-6,10-13,15-16H2,1-4,7-9H3,(H,25,28);3H2,1-2H3/b18-14+;. The summed E-state index contributed by atoms with van der Waals surface area (Å²) < 4.78 is 5.41. The van der Waals surface area contributed by atoms with E-state index in [2.05, 4.69) is 77.2 Å². The number of ether oxygens (including phenoxy) is 1. The van der Waals surface area contributed by atoms with Crippen LogP contribution in [0.25, 0.3) is 0 Å². The molecule has 0 saturated carbocycles. The number of likely N-dealkylation sites (tertiary alicyclic amines) is 1. The van der Waals surface area contributed by atoms with Gasteiger partial charge in [0.2, 0.25) is 5.91 Å². The Morgan fingerprint density at radius 1 is 1.19 bits per heavy atom. The third-order valence-corrected chi connectivity index (χ3v) is 5.51. The molecule has 1 heterocycles. The van der Waals surface area contributed by atoms with Crippen molar-refractivity contribution in [3.05, 3.63) is 36.3 Å². The topological polar surface area (TPSA) is 53.6 Å². The maximum Gasteiger partial charge on any atom is 0.243 e. The van der Waals surface area contributed by atoms with Crippen LogP contribution >= 0.6 is 0 Å². The smallest absolute Gasteiger partial charge is 0.243 e. The molecule has 32 heavy (non-hydrogen) atoms. The quantitative estimate of drug-likeness (QED) is 0.327. The molecule has 2 N–H and O–H groups in total. The summed E-state index contributed by atoms with van der Waals surface area (Å²) in [5.41, 5.74) is 1.65. The van der Waals surface area contributed by atoms with Crippen LogP contribution in [0, 0.1) is 5.41 Å². The van der Waals surface area contributed by atoms with Gasteiger partial charge in [-0.15, -0.1) is 0 Å². The van der Waals surface area contributed by atoms with Crippen molar-refractivity contribution < 1.29 is 9.53 Å². The van der Waals surface area contributed by atoms with Gasteiger partial charge in [0, 0.05) is 24.3 Å². The van der Waals surface area contributed by atoms with Gasteiger partial charge in [-0.05, 0) is 58.1 Å². The number of nitrogens with one attached hydrogen (secondary N) is 2. The lowest BCUT2D eigenvalue weighted by Gasteiger charge is -2.42. The van der Waals surface area contributed by atoms with Gasteiger partial charge in [0.1, 0.15) is 11.8 Å². The van der Waals surface area contributed by atoms with Gasteiger partial charge in [0.25, 0.3) is 0 Å². The van der Waals surface area contributed by atoms with E-state index in [0.29, 0.717) is 25.0 Å². The average Bonchev–Trinajstić information content (AvgIpc) is 2.71. The van der Waals surface area contributed by atoms with Crippen molar-refractivity contribution in [3.63, 3.8) is 0 Å². The zero-order valence-electron chi connectivity index (χ0n) is 22.4. The van der Waals surface area contributed by atoms with Gasteiger partial charge < -0.3 is 15.4 Å². The Morgan fingerprint density at radius 2 is 1.78 bits per heavy atom. The second-order valence-electron chi connectivity index (χ2n) is 10.0. The first-order valence-electron chi connectivity index (χ1n) is 12.4. The molecule has 2 atom stereocenters.